The fraction of sp³-hybridized carbons (Fsp3) is 0.312. The Bertz CT molecular complexity index is 925. The van der Waals surface area contributed by atoms with Crippen molar-refractivity contribution in [1.82, 2.24) is 10.3 Å². The number of hydrazine groups is 1. The van der Waals surface area contributed by atoms with Gasteiger partial charge in [-0.2, -0.15) is 0 Å². The second-order valence-electron chi connectivity index (χ2n) is 6.04. The van der Waals surface area contributed by atoms with Gasteiger partial charge in [0.05, 0.1) is 4.88 Å². The first-order chi connectivity index (χ1) is 11.8. The van der Waals surface area contributed by atoms with Crippen LogP contribution in [0, 0.1) is 17.6 Å². The molecule has 1 aromatic heterocycles. The van der Waals surface area contributed by atoms with Gasteiger partial charge in [-0.3, -0.25) is 10.2 Å². The topological polar surface area (TPSA) is 75.3 Å². The Morgan fingerprint density at radius 2 is 2.04 bits per heavy atom. The zero-order valence-corrected chi connectivity index (χ0v) is 14.9. The summed E-state index contributed by atoms with van der Waals surface area (Å²) in [5, 5.41) is 0. The van der Waals surface area contributed by atoms with Gasteiger partial charge in [0, 0.05) is 10.9 Å². The van der Waals surface area contributed by atoms with Gasteiger partial charge >= 0.3 is 0 Å². The normalized spacial score (nSPS) is 17.2. The lowest BCUT2D eigenvalue weighted by molar-refractivity contribution is 0.0949. The summed E-state index contributed by atoms with van der Waals surface area (Å²) in [5.74, 6) is -2.18. The summed E-state index contributed by atoms with van der Waals surface area (Å²) in [7, 11) is -4.34. The fourth-order valence-corrected chi connectivity index (χ4v) is 4.74. The summed E-state index contributed by atoms with van der Waals surface area (Å²) >= 11 is 1.33. The van der Waals surface area contributed by atoms with E-state index in [0.717, 1.165) is 41.8 Å². The molecule has 3 rings (SSSR count). The molecule has 1 amide bonds. The molecule has 0 radical (unpaired) electrons. The van der Waals surface area contributed by atoms with Gasteiger partial charge in [0.25, 0.3) is 15.9 Å². The third-order valence-electron chi connectivity index (χ3n) is 4.04. The van der Waals surface area contributed by atoms with E-state index in [1.165, 1.54) is 11.3 Å². The number of fused-ring (bicyclic) bond motifs is 1. The first kappa shape index (κ1) is 18.0. The summed E-state index contributed by atoms with van der Waals surface area (Å²) in [6.45, 7) is 2.14. The Morgan fingerprint density at radius 1 is 1.28 bits per heavy atom. The minimum Gasteiger partial charge on any atom is -0.273 e. The van der Waals surface area contributed by atoms with Crippen LogP contribution < -0.4 is 10.3 Å². The van der Waals surface area contributed by atoms with Crippen LogP contribution in [-0.2, 0) is 22.9 Å². The minimum absolute atomic E-state index is 0.390. The molecule has 25 heavy (non-hydrogen) atoms. The summed E-state index contributed by atoms with van der Waals surface area (Å²) in [4.78, 5) is 14.8. The zero-order valence-electron chi connectivity index (χ0n) is 13.3. The van der Waals surface area contributed by atoms with Gasteiger partial charge in [-0.15, -0.1) is 16.2 Å². The molecule has 1 aromatic carbocycles. The lowest BCUT2D eigenvalue weighted by atomic mass is 9.90. The van der Waals surface area contributed by atoms with Crippen molar-refractivity contribution in [3.63, 3.8) is 0 Å². The van der Waals surface area contributed by atoms with Crippen LogP contribution in [0.3, 0.4) is 0 Å². The van der Waals surface area contributed by atoms with Crippen LogP contribution in [-0.4, -0.2) is 14.3 Å². The van der Waals surface area contributed by atoms with Crippen LogP contribution in [0.4, 0.5) is 8.78 Å². The highest BCUT2D eigenvalue weighted by Crippen LogP contribution is 2.32. The van der Waals surface area contributed by atoms with E-state index >= 15 is 0 Å². The average molecular weight is 386 g/mol. The van der Waals surface area contributed by atoms with Crippen LogP contribution in [0.2, 0.25) is 0 Å². The Labute approximate surface area is 148 Å². The Balaban J connectivity index is 1.71. The molecule has 0 aliphatic heterocycles. The molecular weight excluding hydrogens is 370 g/mol. The Morgan fingerprint density at radius 3 is 2.76 bits per heavy atom. The standard InChI is InChI=1S/C16H16F2N2O3S2/c1-9-2-4-13-10(6-9)7-14(24-13)16(21)19-20-25(22,23)15-5-3-11(17)8-12(15)18/h3,5,7-9,20H,2,4,6H2,1H3,(H,19,21)/t9-/m0/s1. The van der Waals surface area contributed by atoms with Crippen LogP contribution in [0.1, 0.15) is 33.5 Å². The second-order valence-corrected chi connectivity index (χ2v) is 8.83. The highest BCUT2D eigenvalue weighted by atomic mass is 32.2. The monoisotopic (exact) mass is 386 g/mol. The molecule has 2 aromatic rings. The maximum absolute atomic E-state index is 13.6. The maximum Gasteiger partial charge on any atom is 0.276 e. The molecule has 1 atom stereocenters. The molecule has 1 aliphatic carbocycles. The molecule has 0 bridgehead atoms. The molecule has 0 spiro atoms. The number of aryl methyl sites for hydroxylation is 1. The van der Waals surface area contributed by atoms with E-state index in [0.29, 0.717) is 16.9 Å². The van der Waals surface area contributed by atoms with Crippen molar-refractivity contribution in [3.05, 3.63) is 51.2 Å². The van der Waals surface area contributed by atoms with E-state index < -0.39 is 32.5 Å². The van der Waals surface area contributed by atoms with Crippen molar-refractivity contribution < 1.29 is 22.0 Å². The van der Waals surface area contributed by atoms with Crippen molar-refractivity contribution in [3.8, 4) is 0 Å². The molecular formula is C16H16F2N2O3S2. The molecule has 2 N–H and O–H groups in total. The molecule has 134 valence electrons. The average Bonchev–Trinajstić information content (AvgIpc) is 2.95. The predicted molar refractivity (Wildman–Crippen MR) is 89.7 cm³/mol. The molecule has 9 heteroatoms. The lowest BCUT2D eigenvalue weighted by Gasteiger charge is -2.16. The fourth-order valence-electron chi connectivity index (χ4n) is 2.74. The van der Waals surface area contributed by atoms with Crippen molar-refractivity contribution in [2.24, 2.45) is 5.92 Å². The Hall–Kier alpha value is -1.84. The summed E-state index contributed by atoms with van der Waals surface area (Å²) in [6.07, 6.45) is 2.86. The molecule has 0 saturated carbocycles. The third kappa shape index (κ3) is 3.88. The summed E-state index contributed by atoms with van der Waals surface area (Å²) in [5.41, 5.74) is 3.19. The van der Waals surface area contributed by atoms with E-state index in [1.54, 1.807) is 6.07 Å². The maximum atomic E-state index is 13.6. The Kier molecular flexibility index (Phi) is 4.90. The number of nitrogens with one attached hydrogen (secondary N) is 2. The highest BCUT2D eigenvalue weighted by Gasteiger charge is 2.23. The smallest absolute Gasteiger partial charge is 0.273 e. The molecule has 0 fully saturated rings. The highest BCUT2D eigenvalue weighted by molar-refractivity contribution is 7.89. The quantitative estimate of drug-likeness (QED) is 0.794. The van der Waals surface area contributed by atoms with Gasteiger partial charge in [0.15, 0.2) is 0 Å². The number of hydrogen-bond donors (Lipinski definition) is 2. The van der Waals surface area contributed by atoms with E-state index in [2.05, 4.69) is 12.3 Å². The first-order valence-corrected chi connectivity index (χ1v) is 9.95. The number of carbonyl (C=O) groups is 1. The van der Waals surface area contributed by atoms with Gasteiger partial charge in [-0.1, -0.05) is 6.92 Å². The number of halogens is 2. The molecule has 0 saturated heterocycles. The molecule has 1 aliphatic rings. The van der Waals surface area contributed by atoms with Gasteiger partial charge < -0.3 is 0 Å². The minimum atomic E-state index is -4.34. The number of sulfonamides is 1. The molecule has 0 unspecified atom stereocenters. The zero-order chi connectivity index (χ0) is 18.2. The van der Waals surface area contributed by atoms with E-state index in [1.807, 2.05) is 4.83 Å². The van der Waals surface area contributed by atoms with E-state index in [4.69, 9.17) is 0 Å². The largest absolute Gasteiger partial charge is 0.276 e. The van der Waals surface area contributed by atoms with Crippen LogP contribution >= 0.6 is 11.3 Å². The lowest BCUT2D eigenvalue weighted by Crippen LogP contribution is -2.41. The van der Waals surface area contributed by atoms with Crippen molar-refractivity contribution in [1.29, 1.82) is 0 Å². The predicted octanol–water partition coefficient (Wildman–Crippen LogP) is 2.77. The van der Waals surface area contributed by atoms with Crippen LogP contribution in [0.15, 0.2) is 29.2 Å². The van der Waals surface area contributed by atoms with Crippen molar-refractivity contribution >= 4 is 27.3 Å². The van der Waals surface area contributed by atoms with Crippen molar-refractivity contribution in [2.75, 3.05) is 0 Å². The van der Waals surface area contributed by atoms with E-state index in [-0.39, 0.29) is 0 Å². The number of thiophene rings is 1. The second kappa shape index (κ2) is 6.81. The SMILES string of the molecule is C[C@H]1CCc2sc(C(=O)NNS(=O)(=O)c3ccc(F)cc3F)cc2C1. The van der Waals surface area contributed by atoms with Gasteiger partial charge in [-0.25, -0.2) is 17.2 Å². The third-order valence-corrected chi connectivity index (χ3v) is 6.55. The number of hydrogen-bond acceptors (Lipinski definition) is 4. The summed E-state index contributed by atoms with van der Waals surface area (Å²) in [6, 6.07) is 3.85. The van der Waals surface area contributed by atoms with Gasteiger partial charge in [0.2, 0.25) is 0 Å². The van der Waals surface area contributed by atoms with Crippen LogP contribution in [0.25, 0.3) is 0 Å². The van der Waals surface area contributed by atoms with Crippen LogP contribution in [0.5, 0.6) is 0 Å². The number of benzene rings is 1. The number of carbonyl (C=O) groups excluding carboxylic acids is 1. The molecule has 5 nitrogen and oxygen atoms in total. The number of rotatable bonds is 4. The first-order valence-electron chi connectivity index (χ1n) is 7.65. The number of amides is 1. The van der Waals surface area contributed by atoms with Gasteiger partial charge in [0.1, 0.15) is 16.5 Å². The van der Waals surface area contributed by atoms with Crippen molar-refractivity contribution in [2.45, 2.75) is 31.1 Å². The van der Waals surface area contributed by atoms with Gasteiger partial charge in [-0.05, 0) is 48.9 Å². The molecule has 1 heterocycles. The van der Waals surface area contributed by atoms with E-state index in [9.17, 15) is 22.0 Å². The summed E-state index contributed by atoms with van der Waals surface area (Å²) < 4.78 is 50.6.